The van der Waals surface area contributed by atoms with Crippen LogP contribution in [0.1, 0.15) is 11.1 Å². The maximum absolute atomic E-state index is 13.1. The molecule has 2 aromatic carbocycles. The van der Waals surface area contributed by atoms with Crippen molar-refractivity contribution in [2.75, 3.05) is 33.2 Å². The molecule has 0 bridgehead atoms. The summed E-state index contributed by atoms with van der Waals surface area (Å²) < 4.78 is 27.6. The van der Waals surface area contributed by atoms with Crippen molar-refractivity contribution in [2.24, 2.45) is 0 Å². The molecule has 1 aromatic heterocycles. The second-order valence-electron chi connectivity index (χ2n) is 7.36. The Morgan fingerprint density at radius 1 is 0.926 bits per heavy atom. The predicted octanol–water partition coefficient (Wildman–Crippen LogP) is 2.93. The van der Waals surface area contributed by atoms with Crippen molar-refractivity contribution in [3.63, 3.8) is 0 Å². The van der Waals surface area contributed by atoms with Gasteiger partial charge in [0.15, 0.2) is 0 Å². The fraction of sp³-hybridized carbons (Fsp3) is 0.333. The zero-order chi connectivity index (χ0) is 19.0. The number of fused-ring (bicyclic) bond motifs is 1. The lowest BCUT2D eigenvalue weighted by Gasteiger charge is -2.32. The number of rotatable bonds is 4. The largest absolute Gasteiger partial charge is 0.304 e. The molecule has 27 heavy (non-hydrogen) atoms. The molecule has 0 saturated carbocycles. The lowest BCUT2D eigenvalue weighted by Crippen LogP contribution is -2.43. The van der Waals surface area contributed by atoms with Crippen LogP contribution in [-0.2, 0) is 16.6 Å². The van der Waals surface area contributed by atoms with E-state index in [1.165, 1.54) is 9.54 Å². The molecule has 3 aromatic rings. The van der Waals surface area contributed by atoms with Crippen molar-refractivity contribution >= 4 is 20.9 Å². The van der Waals surface area contributed by atoms with Crippen LogP contribution in [0.3, 0.4) is 0 Å². The van der Waals surface area contributed by atoms with Crippen molar-refractivity contribution in [1.82, 2.24) is 13.8 Å². The SMILES string of the molecule is Cc1ccc(S(=O)(=O)n2ccc3c(CN4CCN(C)CC4)cccc32)cc1. The van der Waals surface area contributed by atoms with E-state index in [1.54, 1.807) is 18.3 Å². The van der Waals surface area contributed by atoms with Crippen molar-refractivity contribution < 1.29 is 8.42 Å². The first-order valence-electron chi connectivity index (χ1n) is 9.27. The second kappa shape index (κ2) is 7.11. The van der Waals surface area contributed by atoms with Gasteiger partial charge in [-0.1, -0.05) is 29.8 Å². The highest BCUT2D eigenvalue weighted by molar-refractivity contribution is 7.90. The number of piperazine rings is 1. The van der Waals surface area contributed by atoms with Gasteiger partial charge in [0.05, 0.1) is 10.4 Å². The first-order valence-corrected chi connectivity index (χ1v) is 10.7. The second-order valence-corrected chi connectivity index (χ2v) is 9.17. The third-order valence-corrected chi connectivity index (χ3v) is 7.06. The van der Waals surface area contributed by atoms with Crippen LogP contribution in [-0.4, -0.2) is 55.4 Å². The zero-order valence-corrected chi connectivity index (χ0v) is 16.6. The number of nitrogens with zero attached hydrogens (tertiary/aromatic N) is 3. The van der Waals surface area contributed by atoms with Gasteiger partial charge >= 0.3 is 0 Å². The monoisotopic (exact) mass is 383 g/mol. The van der Waals surface area contributed by atoms with E-state index in [4.69, 9.17) is 0 Å². The molecule has 142 valence electrons. The maximum Gasteiger partial charge on any atom is 0.268 e. The topological polar surface area (TPSA) is 45.6 Å². The van der Waals surface area contributed by atoms with Crippen LogP contribution in [0, 0.1) is 6.92 Å². The molecule has 0 radical (unpaired) electrons. The molecule has 6 heteroatoms. The van der Waals surface area contributed by atoms with E-state index in [2.05, 4.69) is 22.9 Å². The Labute approximate surface area is 160 Å². The summed E-state index contributed by atoms with van der Waals surface area (Å²) in [4.78, 5) is 5.08. The smallest absolute Gasteiger partial charge is 0.268 e. The van der Waals surface area contributed by atoms with Crippen LogP contribution in [0.4, 0.5) is 0 Å². The number of hydrogen-bond donors (Lipinski definition) is 0. The van der Waals surface area contributed by atoms with E-state index in [1.807, 2.05) is 37.3 Å². The molecule has 1 fully saturated rings. The summed E-state index contributed by atoms with van der Waals surface area (Å²) in [5.41, 5.74) is 2.96. The van der Waals surface area contributed by atoms with Crippen LogP contribution in [0.25, 0.3) is 10.9 Å². The Bertz CT molecular complexity index is 1050. The molecule has 5 nitrogen and oxygen atoms in total. The van der Waals surface area contributed by atoms with E-state index in [0.29, 0.717) is 4.90 Å². The maximum atomic E-state index is 13.1. The third kappa shape index (κ3) is 3.52. The van der Waals surface area contributed by atoms with Crippen LogP contribution in [0.2, 0.25) is 0 Å². The minimum Gasteiger partial charge on any atom is -0.304 e. The summed E-state index contributed by atoms with van der Waals surface area (Å²) in [7, 11) is -1.45. The molecule has 1 aliphatic heterocycles. The van der Waals surface area contributed by atoms with Gasteiger partial charge in [0.1, 0.15) is 0 Å². The van der Waals surface area contributed by atoms with Crippen molar-refractivity contribution in [2.45, 2.75) is 18.4 Å². The van der Waals surface area contributed by atoms with Crippen LogP contribution in [0.5, 0.6) is 0 Å². The summed E-state index contributed by atoms with van der Waals surface area (Å²) in [6.07, 6.45) is 1.67. The predicted molar refractivity (Wildman–Crippen MR) is 108 cm³/mol. The lowest BCUT2D eigenvalue weighted by molar-refractivity contribution is 0.148. The fourth-order valence-corrected chi connectivity index (χ4v) is 4.97. The van der Waals surface area contributed by atoms with Gasteiger partial charge in [0.25, 0.3) is 10.0 Å². The van der Waals surface area contributed by atoms with Gasteiger partial charge in [0.2, 0.25) is 0 Å². The number of hydrogen-bond acceptors (Lipinski definition) is 4. The normalized spacial score (nSPS) is 16.8. The number of benzene rings is 2. The molecule has 0 aliphatic carbocycles. The molecule has 0 N–H and O–H groups in total. The first kappa shape index (κ1) is 18.2. The minimum atomic E-state index is -3.60. The van der Waals surface area contributed by atoms with E-state index in [-0.39, 0.29) is 0 Å². The average molecular weight is 384 g/mol. The summed E-state index contributed by atoms with van der Waals surface area (Å²) in [5.74, 6) is 0. The van der Waals surface area contributed by atoms with Gasteiger partial charge in [-0.25, -0.2) is 12.4 Å². The molecular formula is C21H25N3O2S. The lowest BCUT2D eigenvalue weighted by atomic mass is 10.1. The highest BCUT2D eigenvalue weighted by Crippen LogP contribution is 2.26. The van der Waals surface area contributed by atoms with Crippen molar-refractivity contribution in [3.05, 3.63) is 65.9 Å². The standard InChI is InChI=1S/C21H25N3O2S/c1-17-6-8-19(9-7-17)27(25,26)24-11-10-20-18(4-3-5-21(20)24)16-23-14-12-22(2)13-15-23/h3-11H,12-16H2,1-2H3. The van der Waals surface area contributed by atoms with Gasteiger partial charge < -0.3 is 4.90 Å². The Morgan fingerprint density at radius 2 is 1.63 bits per heavy atom. The van der Waals surface area contributed by atoms with Gasteiger partial charge in [-0.2, -0.15) is 0 Å². The zero-order valence-electron chi connectivity index (χ0n) is 15.8. The molecule has 4 rings (SSSR count). The first-order chi connectivity index (χ1) is 12.9. The highest BCUT2D eigenvalue weighted by Gasteiger charge is 2.20. The van der Waals surface area contributed by atoms with Gasteiger partial charge in [-0.3, -0.25) is 4.90 Å². The summed E-state index contributed by atoms with van der Waals surface area (Å²) in [5, 5.41) is 1.01. The van der Waals surface area contributed by atoms with E-state index in [0.717, 1.165) is 49.2 Å². The van der Waals surface area contributed by atoms with Crippen molar-refractivity contribution in [3.8, 4) is 0 Å². The summed E-state index contributed by atoms with van der Waals surface area (Å²) >= 11 is 0. The Morgan fingerprint density at radius 3 is 2.33 bits per heavy atom. The molecule has 0 unspecified atom stereocenters. The third-order valence-electron chi connectivity index (χ3n) is 5.36. The highest BCUT2D eigenvalue weighted by atomic mass is 32.2. The Hall–Kier alpha value is -2.15. The Kier molecular flexibility index (Phi) is 4.80. The molecular weight excluding hydrogens is 358 g/mol. The fourth-order valence-electron chi connectivity index (χ4n) is 3.62. The molecule has 0 atom stereocenters. The number of aromatic nitrogens is 1. The van der Waals surface area contributed by atoms with Crippen LogP contribution in [0.15, 0.2) is 59.6 Å². The van der Waals surface area contributed by atoms with Gasteiger partial charge in [-0.15, -0.1) is 0 Å². The van der Waals surface area contributed by atoms with Crippen LogP contribution < -0.4 is 0 Å². The van der Waals surface area contributed by atoms with Crippen molar-refractivity contribution in [1.29, 1.82) is 0 Å². The van der Waals surface area contributed by atoms with Crippen LogP contribution >= 0.6 is 0 Å². The molecule has 1 aliphatic rings. The molecule has 0 amide bonds. The number of likely N-dealkylation sites (N-methyl/N-ethyl adjacent to an activating group) is 1. The Balaban J connectivity index is 1.69. The van der Waals surface area contributed by atoms with Gasteiger partial charge in [-0.05, 0) is 43.8 Å². The quantitative estimate of drug-likeness (QED) is 0.695. The van der Waals surface area contributed by atoms with E-state index < -0.39 is 10.0 Å². The van der Waals surface area contributed by atoms with E-state index >= 15 is 0 Å². The van der Waals surface area contributed by atoms with E-state index in [9.17, 15) is 8.42 Å². The minimum absolute atomic E-state index is 0.315. The molecule has 2 heterocycles. The molecule has 0 spiro atoms. The average Bonchev–Trinajstić information content (AvgIpc) is 3.10. The molecule has 1 saturated heterocycles. The summed E-state index contributed by atoms with van der Waals surface area (Å²) in [6.45, 7) is 7.01. The number of aryl methyl sites for hydroxylation is 1. The van der Waals surface area contributed by atoms with Gasteiger partial charge in [0, 0.05) is 44.3 Å². The summed E-state index contributed by atoms with van der Waals surface area (Å²) in [6, 6.07) is 14.9.